The Bertz CT molecular complexity index is 220. The Hall–Kier alpha value is -0.610. The number of hydrogen-bond acceptors (Lipinski definition) is 3. The molecule has 0 radical (unpaired) electrons. The van der Waals surface area contributed by atoms with E-state index in [0.29, 0.717) is 0 Å². The Kier molecular flexibility index (Phi) is 2.74. The Balaban J connectivity index is 1.71. The van der Waals surface area contributed by atoms with Crippen LogP contribution in [0.25, 0.3) is 0 Å². The normalized spacial score (nSPS) is 29.6. The van der Waals surface area contributed by atoms with Gasteiger partial charge in [-0.25, -0.2) is 0 Å². The minimum atomic E-state index is 0.0413. The summed E-state index contributed by atoms with van der Waals surface area (Å²) in [6.45, 7) is 5.39. The highest BCUT2D eigenvalue weighted by molar-refractivity contribution is 5.82. The SMILES string of the molecule is CC1(CNC(=O)[C@H]2CCCN2)COC1. The predicted octanol–water partition coefficient (Wildman–Crippen LogP) is -0.109. The van der Waals surface area contributed by atoms with Crippen LogP contribution in [-0.2, 0) is 9.53 Å². The van der Waals surface area contributed by atoms with Crippen LogP contribution in [-0.4, -0.2) is 38.3 Å². The maximum absolute atomic E-state index is 11.6. The van der Waals surface area contributed by atoms with Crippen molar-refractivity contribution in [3.63, 3.8) is 0 Å². The van der Waals surface area contributed by atoms with Crippen molar-refractivity contribution in [2.24, 2.45) is 5.41 Å². The second-order valence-corrected chi connectivity index (χ2v) is 4.67. The van der Waals surface area contributed by atoms with E-state index in [0.717, 1.165) is 39.1 Å². The van der Waals surface area contributed by atoms with E-state index in [1.807, 2.05) is 0 Å². The van der Waals surface area contributed by atoms with Gasteiger partial charge in [0, 0.05) is 12.0 Å². The summed E-state index contributed by atoms with van der Waals surface area (Å²) in [4.78, 5) is 11.6. The topological polar surface area (TPSA) is 50.4 Å². The lowest BCUT2D eigenvalue weighted by Crippen LogP contribution is -2.51. The zero-order valence-electron chi connectivity index (χ0n) is 8.64. The minimum Gasteiger partial charge on any atom is -0.380 e. The fourth-order valence-electron chi connectivity index (χ4n) is 1.88. The van der Waals surface area contributed by atoms with Gasteiger partial charge in [-0.2, -0.15) is 0 Å². The van der Waals surface area contributed by atoms with Crippen molar-refractivity contribution in [1.82, 2.24) is 10.6 Å². The Labute approximate surface area is 84.4 Å². The molecule has 14 heavy (non-hydrogen) atoms. The summed E-state index contributed by atoms with van der Waals surface area (Å²) in [6.07, 6.45) is 2.08. The minimum absolute atomic E-state index is 0.0413. The van der Waals surface area contributed by atoms with Gasteiger partial charge in [-0.1, -0.05) is 6.92 Å². The smallest absolute Gasteiger partial charge is 0.237 e. The van der Waals surface area contributed by atoms with Gasteiger partial charge < -0.3 is 15.4 Å². The lowest BCUT2D eigenvalue weighted by Gasteiger charge is -2.38. The molecule has 4 heteroatoms. The molecule has 0 unspecified atom stereocenters. The van der Waals surface area contributed by atoms with E-state index in [-0.39, 0.29) is 17.4 Å². The third-order valence-corrected chi connectivity index (χ3v) is 2.97. The summed E-state index contributed by atoms with van der Waals surface area (Å²) in [5, 5.41) is 6.17. The molecule has 0 aromatic rings. The molecule has 2 heterocycles. The van der Waals surface area contributed by atoms with Crippen molar-refractivity contribution in [3.05, 3.63) is 0 Å². The van der Waals surface area contributed by atoms with Gasteiger partial charge in [0.25, 0.3) is 0 Å². The molecular weight excluding hydrogens is 180 g/mol. The third-order valence-electron chi connectivity index (χ3n) is 2.97. The number of nitrogens with one attached hydrogen (secondary N) is 2. The highest BCUT2D eigenvalue weighted by atomic mass is 16.5. The first-order chi connectivity index (χ1) is 6.70. The lowest BCUT2D eigenvalue weighted by atomic mass is 9.88. The van der Waals surface area contributed by atoms with E-state index < -0.39 is 0 Å². The molecule has 1 atom stereocenters. The molecule has 0 saturated carbocycles. The Morgan fingerprint density at radius 3 is 2.93 bits per heavy atom. The number of carbonyl (C=O) groups excluding carboxylic acids is 1. The summed E-state index contributed by atoms with van der Waals surface area (Å²) in [5.41, 5.74) is 0.175. The first-order valence-corrected chi connectivity index (χ1v) is 5.28. The number of rotatable bonds is 3. The molecule has 2 aliphatic heterocycles. The monoisotopic (exact) mass is 198 g/mol. The second-order valence-electron chi connectivity index (χ2n) is 4.67. The molecule has 0 bridgehead atoms. The van der Waals surface area contributed by atoms with E-state index >= 15 is 0 Å². The molecule has 2 rings (SSSR count). The molecule has 2 N–H and O–H groups in total. The fraction of sp³-hybridized carbons (Fsp3) is 0.900. The summed E-state index contributed by atoms with van der Waals surface area (Å²) >= 11 is 0. The molecule has 0 aromatic heterocycles. The molecule has 0 aromatic carbocycles. The molecule has 2 fully saturated rings. The van der Waals surface area contributed by atoms with Crippen molar-refractivity contribution in [2.45, 2.75) is 25.8 Å². The van der Waals surface area contributed by atoms with Crippen LogP contribution in [0.5, 0.6) is 0 Å². The van der Waals surface area contributed by atoms with Gasteiger partial charge in [0.2, 0.25) is 5.91 Å². The summed E-state index contributed by atoms with van der Waals surface area (Å²) in [6, 6.07) is 0.0413. The van der Waals surface area contributed by atoms with E-state index in [4.69, 9.17) is 4.74 Å². The van der Waals surface area contributed by atoms with Crippen molar-refractivity contribution in [3.8, 4) is 0 Å². The zero-order chi connectivity index (χ0) is 10.0. The maximum Gasteiger partial charge on any atom is 0.237 e. The molecule has 0 aliphatic carbocycles. The highest BCUT2D eigenvalue weighted by Crippen LogP contribution is 2.25. The Morgan fingerprint density at radius 2 is 2.43 bits per heavy atom. The van der Waals surface area contributed by atoms with Gasteiger partial charge in [0.15, 0.2) is 0 Å². The molecule has 4 nitrogen and oxygen atoms in total. The number of carbonyl (C=O) groups is 1. The van der Waals surface area contributed by atoms with Gasteiger partial charge in [0.05, 0.1) is 19.3 Å². The van der Waals surface area contributed by atoms with E-state index in [1.54, 1.807) is 0 Å². The van der Waals surface area contributed by atoms with Crippen LogP contribution in [0.15, 0.2) is 0 Å². The van der Waals surface area contributed by atoms with Crippen molar-refractivity contribution < 1.29 is 9.53 Å². The molecule has 0 spiro atoms. The fourth-order valence-corrected chi connectivity index (χ4v) is 1.88. The van der Waals surface area contributed by atoms with E-state index in [9.17, 15) is 4.79 Å². The predicted molar refractivity (Wildman–Crippen MR) is 53.0 cm³/mol. The zero-order valence-corrected chi connectivity index (χ0v) is 8.64. The van der Waals surface area contributed by atoms with Crippen LogP contribution < -0.4 is 10.6 Å². The molecule has 1 amide bonds. The van der Waals surface area contributed by atoms with E-state index in [2.05, 4.69) is 17.6 Å². The molecule has 2 saturated heterocycles. The van der Waals surface area contributed by atoms with Gasteiger partial charge >= 0.3 is 0 Å². The second kappa shape index (κ2) is 3.87. The number of hydrogen-bond donors (Lipinski definition) is 2. The van der Waals surface area contributed by atoms with Crippen LogP contribution in [0.1, 0.15) is 19.8 Å². The van der Waals surface area contributed by atoms with Gasteiger partial charge in [-0.05, 0) is 19.4 Å². The van der Waals surface area contributed by atoms with E-state index in [1.165, 1.54) is 0 Å². The largest absolute Gasteiger partial charge is 0.380 e. The van der Waals surface area contributed by atoms with Crippen molar-refractivity contribution >= 4 is 5.91 Å². The highest BCUT2D eigenvalue weighted by Gasteiger charge is 2.34. The number of ether oxygens (including phenoxy) is 1. The van der Waals surface area contributed by atoms with Crippen molar-refractivity contribution in [1.29, 1.82) is 0 Å². The van der Waals surface area contributed by atoms with Gasteiger partial charge in [0.1, 0.15) is 0 Å². The third kappa shape index (κ3) is 2.07. The quantitative estimate of drug-likeness (QED) is 0.665. The van der Waals surface area contributed by atoms with Gasteiger partial charge in [-0.15, -0.1) is 0 Å². The van der Waals surface area contributed by atoms with Crippen molar-refractivity contribution in [2.75, 3.05) is 26.3 Å². The standard InChI is InChI=1S/C10H18N2O2/c1-10(6-14-7-10)5-12-9(13)8-3-2-4-11-8/h8,11H,2-7H2,1H3,(H,12,13)/t8-/m1/s1. The average Bonchev–Trinajstić information content (AvgIpc) is 2.63. The summed E-state index contributed by atoms with van der Waals surface area (Å²) in [7, 11) is 0. The first-order valence-electron chi connectivity index (χ1n) is 5.28. The van der Waals surface area contributed by atoms with Crippen LogP contribution >= 0.6 is 0 Å². The number of amides is 1. The maximum atomic E-state index is 11.6. The van der Waals surface area contributed by atoms with Crippen LogP contribution in [0.2, 0.25) is 0 Å². The summed E-state index contributed by atoms with van der Waals surface area (Å²) in [5.74, 6) is 0.149. The lowest BCUT2D eigenvalue weighted by molar-refractivity contribution is -0.128. The molecule has 2 aliphatic rings. The first kappa shape index (κ1) is 9.93. The summed E-state index contributed by atoms with van der Waals surface area (Å²) < 4.78 is 5.13. The molecule has 80 valence electrons. The average molecular weight is 198 g/mol. The van der Waals surface area contributed by atoms with Gasteiger partial charge in [-0.3, -0.25) is 4.79 Å². The Morgan fingerprint density at radius 1 is 1.64 bits per heavy atom. The van der Waals surface area contributed by atoms with Crippen LogP contribution in [0, 0.1) is 5.41 Å². The van der Waals surface area contributed by atoms with Crippen LogP contribution in [0.4, 0.5) is 0 Å². The van der Waals surface area contributed by atoms with Crippen LogP contribution in [0.3, 0.4) is 0 Å². The molecular formula is C10H18N2O2.